The van der Waals surface area contributed by atoms with Gasteiger partial charge in [-0.25, -0.2) is 0 Å². The molecule has 2 unspecified atom stereocenters. The van der Waals surface area contributed by atoms with Crippen LogP contribution in [0.2, 0.25) is 0 Å². The average molecular weight is 270 g/mol. The van der Waals surface area contributed by atoms with Crippen LogP contribution in [0, 0.1) is 6.92 Å². The van der Waals surface area contributed by atoms with Crippen LogP contribution in [0.3, 0.4) is 0 Å². The van der Waals surface area contributed by atoms with Gasteiger partial charge in [-0.3, -0.25) is 0 Å². The molecule has 0 aliphatic heterocycles. The lowest BCUT2D eigenvalue weighted by molar-refractivity contribution is -0.198. The van der Waals surface area contributed by atoms with Gasteiger partial charge in [-0.1, -0.05) is 35.9 Å². The van der Waals surface area contributed by atoms with Crippen LogP contribution in [0.5, 0.6) is 0 Å². The Kier molecular flexibility index (Phi) is 15.8. The molecule has 0 spiro atoms. The Hall–Kier alpha value is -0.780. The number of hydrogen-bond acceptors (Lipinski definition) is 5. The fraction of sp³-hybridized carbons (Fsp3) is 0.143. The van der Waals surface area contributed by atoms with E-state index in [4.69, 9.17) is 0 Å². The molecule has 1 aromatic carbocycles. The van der Waals surface area contributed by atoms with E-state index in [-0.39, 0.29) is 12.3 Å². The number of rotatable bonds is 2. The van der Waals surface area contributed by atoms with Crippen LogP contribution in [-0.2, 0) is 13.4 Å². The molecule has 0 aliphatic carbocycles. The van der Waals surface area contributed by atoms with Gasteiger partial charge in [0.15, 0.2) is 0 Å². The minimum Gasteiger partial charge on any atom is -0.563 e. The van der Waals surface area contributed by atoms with Crippen LogP contribution < -0.4 is 22.1 Å². The zero-order valence-corrected chi connectivity index (χ0v) is 11.1. The highest BCUT2D eigenvalue weighted by atomic mass is 31.2. The van der Waals surface area contributed by atoms with Crippen LogP contribution in [0.4, 0.5) is 0 Å². The van der Waals surface area contributed by atoms with Crippen LogP contribution >= 0.6 is 16.5 Å². The molecule has 16 heavy (non-hydrogen) atoms. The van der Waals surface area contributed by atoms with Gasteiger partial charge >= 0.3 is 16.5 Å². The summed E-state index contributed by atoms with van der Waals surface area (Å²) in [6.07, 6.45) is 0. The first-order valence-electron chi connectivity index (χ1n) is 3.51. The zero-order chi connectivity index (χ0) is 11.0. The molecule has 0 bridgehead atoms. The van der Waals surface area contributed by atoms with Gasteiger partial charge in [0.05, 0.1) is 0 Å². The zero-order valence-electron chi connectivity index (χ0n) is 9.32. The number of benzene rings is 1. The van der Waals surface area contributed by atoms with E-state index >= 15 is 0 Å². The minimum atomic E-state index is -3.24. The van der Waals surface area contributed by atoms with E-state index in [0.29, 0.717) is 0 Å². The van der Waals surface area contributed by atoms with E-state index in [1.807, 2.05) is 18.2 Å². The summed E-state index contributed by atoms with van der Waals surface area (Å²) in [5, 5.41) is 0. The van der Waals surface area contributed by atoms with Gasteiger partial charge in [0.25, 0.3) is 0 Å². The third-order valence-electron chi connectivity index (χ3n) is 1.07. The van der Waals surface area contributed by atoms with Gasteiger partial charge < -0.3 is 22.1 Å². The molecule has 0 radical (unpaired) electrons. The fourth-order valence-electron chi connectivity index (χ4n) is 0.589. The first-order valence-corrected chi connectivity index (χ1v) is 5.70. The molecule has 0 fully saturated rings. The first kappa shape index (κ1) is 20.6. The Morgan fingerprint density at radius 2 is 1.38 bits per heavy atom. The van der Waals surface area contributed by atoms with Crippen LogP contribution in [0.25, 0.3) is 0 Å². The molecule has 8 N–H and O–H groups in total. The third-order valence-corrected chi connectivity index (χ3v) is 2.14. The second kappa shape index (κ2) is 12.3. The Labute approximate surface area is 95.5 Å². The quantitative estimate of drug-likeness (QED) is 0.781. The molecule has 0 saturated carbocycles. The van der Waals surface area contributed by atoms with Gasteiger partial charge in [-0.15, -0.1) is 0 Å². The van der Waals surface area contributed by atoms with E-state index < -0.39 is 16.5 Å². The molecule has 0 aliphatic rings. The van der Waals surface area contributed by atoms with Crippen molar-refractivity contribution in [1.29, 1.82) is 0 Å². The molecule has 0 heterocycles. The van der Waals surface area contributed by atoms with Crippen molar-refractivity contribution in [2.75, 3.05) is 0 Å². The number of hydrogen-bond donors (Lipinski definition) is 2. The third kappa shape index (κ3) is 15.7. The molecule has 0 aromatic heterocycles. The van der Waals surface area contributed by atoms with Crippen LogP contribution in [0.15, 0.2) is 30.3 Å². The van der Waals surface area contributed by atoms with Crippen molar-refractivity contribution in [2.24, 2.45) is 0 Å². The topological polar surface area (TPSA) is 162 Å². The highest BCUT2D eigenvalue weighted by molar-refractivity contribution is 7.44. The van der Waals surface area contributed by atoms with Crippen molar-refractivity contribution in [1.82, 2.24) is 12.3 Å². The first-order chi connectivity index (χ1) is 6.52. The summed E-state index contributed by atoms with van der Waals surface area (Å²) in [7, 11) is -6.47. The second-order valence-electron chi connectivity index (χ2n) is 2.18. The predicted octanol–water partition coefficient (Wildman–Crippen LogP) is 1.79. The molecular weight excluding hydrogens is 254 g/mol. The molecular formula is C7H16N2O5P2+2. The minimum absolute atomic E-state index is 0. The summed E-state index contributed by atoms with van der Waals surface area (Å²) in [5.74, 6) is 0. The van der Waals surface area contributed by atoms with Gasteiger partial charge in [-0.2, -0.15) is 0 Å². The highest BCUT2D eigenvalue weighted by Crippen LogP contribution is 2.24. The summed E-state index contributed by atoms with van der Waals surface area (Å²) in [5.41, 5.74) is 1.32. The molecule has 2 atom stereocenters. The molecule has 0 saturated heterocycles. The number of aryl methyl sites for hydroxylation is 1. The molecule has 0 amide bonds. The van der Waals surface area contributed by atoms with Crippen molar-refractivity contribution in [3.05, 3.63) is 35.9 Å². The van der Waals surface area contributed by atoms with Gasteiger partial charge in [0.2, 0.25) is 0 Å². The lowest BCUT2D eigenvalue weighted by atomic mass is 10.2. The van der Waals surface area contributed by atoms with Crippen LogP contribution in [-0.4, -0.2) is 0 Å². The lowest BCUT2D eigenvalue weighted by Gasteiger charge is -1.82. The van der Waals surface area contributed by atoms with Crippen molar-refractivity contribution in [3.63, 3.8) is 0 Å². The Balaban J connectivity index is -0.000000188. The SMILES string of the molecule is Cc1ccccc1.O=[P+]([O-])O[P+](=O)[O-].[NH4+].[NH4+]. The highest BCUT2D eigenvalue weighted by Gasteiger charge is 2.13. The smallest absolute Gasteiger partial charge is 0.543 e. The molecule has 92 valence electrons. The number of quaternary nitrogens is 2. The summed E-state index contributed by atoms with van der Waals surface area (Å²) in [6, 6.07) is 10.3. The Morgan fingerprint density at radius 1 is 1.00 bits per heavy atom. The average Bonchev–Trinajstić information content (AvgIpc) is 2.03. The maximum Gasteiger partial charge on any atom is 0.543 e. The van der Waals surface area contributed by atoms with Crippen molar-refractivity contribution in [2.45, 2.75) is 6.92 Å². The largest absolute Gasteiger partial charge is 0.563 e. The normalized spacial score (nSPS) is 9.69. The maximum absolute atomic E-state index is 9.24. The predicted molar refractivity (Wildman–Crippen MR) is 59.4 cm³/mol. The standard InChI is InChI=1S/C7H8.2H3N.O5P2/c1-7-5-3-2-4-6-7;;;1-6(2)5-7(3)4/h2-6H,1H3;2*1H3;/p+2. The Morgan fingerprint density at radius 3 is 1.50 bits per heavy atom. The van der Waals surface area contributed by atoms with Crippen molar-refractivity contribution in [3.8, 4) is 0 Å². The maximum atomic E-state index is 9.24. The van der Waals surface area contributed by atoms with E-state index in [0.717, 1.165) is 0 Å². The van der Waals surface area contributed by atoms with E-state index in [2.05, 4.69) is 23.4 Å². The molecule has 1 rings (SSSR count). The summed E-state index contributed by atoms with van der Waals surface area (Å²) < 4.78 is 21.6. The van der Waals surface area contributed by atoms with Crippen molar-refractivity contribution < 1.29 is 23.2 Å². The van der Waals surface area contributed by atoms with E-state index in [9.17, 15) is 18.9 Å². The van der Waals surface area contributed by atoms with Gasteiger partial charge in [0.1, 0.15) is 4.31 Å². The summed E-state index contributed by atoms with van der Waals surface area (Å²) >= 11 is 0. The lowest BCUT2D eigenvalue weighted by Crippen LogP contribution is -1.90. The summed E-state index contributed by atoms with van der Waals surface area (Å²) in [4.78, 5) is 18.5. The van der Waals surface area contributed by atoms with E-state index in [1.54, 1.807) is 0 Å². The molecule has 7 nitrogen and oxygen atoms in total. The summed E-state index contributed by atoms with van der Waals surface area (Å²) in [6.45, 7) is 2.08. The Bertz CT molecular complexity index is 297. The molecule has 1 aromatic rings. The monoisotopic (exact) mass is 270 g/mol. The fourth-order valence-corrected chi connectivity index (χ4v) is 1.02. The molecule has 9 heteroatoms. The van der Waals surface area contributed by atoms with Gasteiger partial charge in [-0.05, 0) is 16.1 Å². The second-order valence-corrected chi connectivity index (χ2v) is 3.73. The van der Waals surface area contributed by atoms with Crippen molar-refractivity contribution >= 4 is 16.5 Å². The van der Waals surface area contributed by atoms with E-state index in [1.165, 1.54) is 5.56 Å². The van der Waals surface area contributed by atoms with Crippen LogP contribution in [0.1, 0.15) is 5.56 Å². The van der Waals surface area contributed by atoms with Gasteiger partial charge in [0, 0.05) is 0 Å².